The Bertz CT molecular complexity index is 334. The van der Waals surface area contributed by atoms with Crippen LogP contribution in [0.4, 0.5) is 0 Å². The van der Waals surface area contributed by atoms with Crippen LogP contribution in [0.25, 0.3) is 0 Å². The highest BCUT2D eigenvalue weighted by molar-refractivity contribution is 9.10. The number of carbonyl (C=O) groups excluding carboxylic acids is 1. The number of hydrogen-bond acceptors (Lipinski definition) is 1. The molecule has 3 heteroatoms. The minimum atomic E-state index is 0.132. The lowest BCUT2D eigenvalue weighted by Gasteiger charge is -2.17. The number of halogens is 1. The zero-order valence-corrected chi connectivity index (χ0v) is 11.4. The monoisotopic (exact) mass is 283 g/mol. The molecule has 0 aromatic heterocycles. The van der Waals surface area contributed by atoms with Crippen LogP contribution in [-0.4, -0.2) is 5.91 Å². The first-order valence-electron chi connectivity index (χ1n) is 5.72. The van der Waals surface area contributed by atoms with Crippen LogP contribution in [0.1, 0.15) is 44.7 Å². The number of hydrogen-bond donors (Lipinski definition) is 1. The molecule has 88 valence electrons. The zero-order valence-electron chi connectivity index (χ0n) is 9.79. The maximum Gasteiger partial charge on any atom is 0.220 e. The third kappa shape index (κ3) is 3.97. The lowest BCUT2D eigenvalue weighted by Crippen LogP contribution is -2.27. The summed E-state index contributed by atoms with van der Waals surface area (Å²) in [6.07, 6.45) is 2.41. The fraction of sp³-hybridized carbons (Fsp3) is 0.462. The van der Waals surface area contributed by atoms with Gasteiger partial charge in [0.15, 0.2) is 0 Å². The number of rotatable bonds is 5. The predicted molar refractivity (Wildman–Crippen MR) is 70.2 cm³/mol. The van der Waals surface area contributed by atoms with Gasteiger partial charge in [0.1, 0.15) is 0 Å². The molecule has 0 fully saturated rings. The predicted octanol–water partition coefficient (Wildman–Crippen LogP) is 3.82. The van der Waals surface area contributed by atoms with Gasteiger partial charge in [-0.25, -0.2) is 0 Å². The Labute approximate surface area is 106 Å². The van der Waals surface area contributed by atoms with Crippen LogP contribution in [0.3, 0.4) is 0 Å². The second kappa shape index (κ2) is 6.69. The van der Waals surface area contributed by atoms with E-state index in [9.17, 15) is 4.79 Å². The maximum atomic E-state index is 11.5. The van der Waals surface area contributed by atoms with E-state index in [4.69, 9.17) is 0 Å². The number of benzene rings is 1. The topological polar surface area (TPSA) is 29.1 Å². The van der Waals surface area contributed by atoms with Gasteiger partial charge in [0.25, 0.3) is 0 Å². The normalized spacial score (nSPS) is 12.2. The molecule has 2 nitrogen and oxygen atoms in total. The first-order valence-corrected chi connectivity index (χ1v) is 6.51. The molecule has 0 aliphatic rings. The maximum absolute atomic E-state index is 11.5. The van der Waals surface area contributed by atoms with Crippen molar-refractivity contribution in [3.05, 3.63) is 34.3 Å². The van der Waals surface area contributed by atoms with Gasteiger partial charge in [-0.15, -0.1) is 0 Å². The summed E-state index contributed by atoms with van der Waals surface area (Å²) in [6.45, 7) is 4.10. The SMILES string of the molecule is CCCC(=O)N[C@H](CC)c1ccc(Br)cc1. The van der Waals surface area contributed by atoms with Crippen LogP contribution in [0.15, 0.2) is 28.7 Å². The number of nitrogens with one attached hydrogen (secondary N) is 1. The Morgan fingerprint density at radius 1 is 1.31 bits per heavy atom. The van der Waals surface area contributed by atoms with E-state index in [1.54, 1.807) is 0 Å². The minimum Gasteiger partial charge on any atom is -0.349 e. The van der Waals surface area contributed by atoms with E-state index in [1.165, 1.54) is 0 Å². The summed E-state index contributed by atoms with van der Waals surface area (Å²) in [7, 11) is 0. The first kappa shape index (κ1) is 13.2. The van der Waals surface area contributed by atoms with Gasteiger partial charge in [-0.2, -0.15) is 0 Å². The van der Waals surface area contributed by atoms with Gasteiger partial charge < -0.3 is 5.32 Å². The van der Waals surface area contributed by atoms with E-state index in [0.29, 0.717) is 6.42 Å². The van der Waals surface area contributed by atoms with Crippen LogP contribution < -0.4 is 5.32 Å². The van der Waals surface area contributed by atoms with E-state index in [2.05, 4.69) is 28.2 Å². The lowest BCUT2D eigenvalue weighted by atomic mass is 10.0. The molecule has 1 atom stereocenters. The summed E-state index contributed by atoms with van der Waals surface area (Å²) >= 11 is 3.40. The van der Waals surface area contributed by atoms with Gasteiger partial charge in [0, 0.05) is 10.9 Å². The lowest BCUT2D eigenvalue weighted by molar-refractivity contribution is -0.121. The van der Waals surface area contributed by atoms with E-state index in [-0.39, 0.29) is 11.9 Å². The molecule has 16 heavy (non-hydrogen) atoms. The zero-order chi connectivity index (χ0) is 12.0. The molecule has 0 heterocycles. The molecule has 0 aliphatic heterocycles. The van der Waals surface area contributed by atoms with Crippen molar-refractivity contribution >= 4 is 21.8 Å². The quantitative estimate of drug-likeness (QED) is 0.875. The van der Waals surface area contributed by atoms with Crippen LogP contribution >= 0.6 is 15.9 Å². The Hall–Kier alpha value is -0.830. The molecule has 1 N–H and O–H groups in total. The van der Waals surface area contributed by atoms with Gasteiger partial charge in [-0.3, -0.25) is 4.79 Å². The Morgan fingerprint density at radius 2 is 1.94 bits per heavy atom. The highest BCUT2D eigenvalue weighted by Crippen LogP contribution is 2.19. The first-order chi connectivity index (χ1) is 7.67. The van der Waals surface area contributed by atoms with Crippen molar-refractivity contribution < 1.29 is 4.79 Å². The van der Waals surface area contributed by atoms with Gasteiger partial charge >= 0.3 is 0 Å². The smallest absolute Gasteiger partial charge is 0.220 e. The summed E-state index contributed by atoms with van der Waals surface area (Å²) in [5.74, 6) is 0.136. The molecule has 1 aromatic rings. The van der Waals surface area contributed by atoms with E-state index in [0.717, 1.165) is 22.9 Å². The molecule has 0 saturated heterocycles. The van der Waals surface area contributed by atoms with Crippen molar-refractivity contribution in [2.45, 2.75) is 39.2 Å². The van der Waals surface area contributed by atoms with Crippen molar-refractivity contribution in [2.24, 2.45) is 0 Å². The van der Waals surface area contributed by atoms with Crippen LogP contribution in [0.5, 0.6) is 0 Å². The molecular formula is C13H18BrNO. The molecule has 1 amide bonds. The summed E-state index contributed by atoms with van der Waals surface area (Å²) in [6, 6.07) is 8.23. The van der Waals surface area contributed by atoms with Gasteiger partial charge in [-0.05, 0) is 30.5 Å². The van der Waals surface area contributed by atoms with Crippen LogP contribution in [0, 0.1) is 0 Å². The van der Waals surface area contributed by atoms with Crippen molar-refractivity contribution in [1.29, 1.82) is 0 Å². The van der Waals surface area contributed by atoms with Crippen molar-refractivity contribution in [1.82, 2.24) is 5.32 Å². The number of carbonyl (C=O) groups is 1. The standard InChI is InChI=1S/C13H18BrNO/c1-3-5-13(16)15-12(4-2)10-6-8-11(14)9-7-10/h6-9,12H,3-5H2,1-2H3,(H,15,16)/t12-/m1/s1. The fourth-order valence-electron chi connectivity index (χ4n) is 1.61. The van der Waals surface area contributed by atoms with Crippen molar-refractivity contribution in [2.75, 3.05) is 0 Å². The summed E-state index contributed by atoms with van der Waals surface area (Å²) in [5.41, 5.74) is 1.16. The summed E-state index contributed by atoms with van der Waals surface area (Å²) in [5, 5.41) is 3.05. The third-order valence-electron chi connectivity index (χ3n) is 2.49. The Balaban J connectivity index is 2.67. The molecular weight excluding hydrogens is 266 g/mol. The highest BCUT2D eigenvalue weighted by atomic mass is 79.9. The molecule has 0 spiro atoms. The van der Waals surface area contributed by atoms with Crippen LogP contribution in [-0.2, 0) is 4.79 Å². The second-order valence-electron chi connectivity index (χ2n) is 3.83. The summed E-state index contributed by atoms with van der Waals surface area (Å²) < 4.78 is 1.06. The number of amides is 1. The van der Waals surface area contributed by atoms with E-state index < -0.39 is 0 Å². The van der Waals surface area contributed by atoms with Gasteiger partial charge in [0.05, 0.1) is 6.04 Å². The fourth-order valence-corrected chi connectivity index (χ4v) is 1.87. The van der Waals surface area contributed by atoms with Gasteiger partial charge in [0.2, 0.25) is 5.91 Å². The largest absolute Gasteiger partial charge is 0.349 e. The van der Waals surface area contributed by atoms with E-state index in [1.807, 2.05) is 31.2 Å². The van der Waals surface area contributed by atoms with Crippen molar-refractivity contribution in [3.8, 4) is 0 Å². The molecule has 0 bridgehead atoms. The molecule has 1 aromatic carbocycles. The molecule has 0 unspecified atom stereocenters. The van der Waals surface area contributed by atoms with E-state index >= 15 is 0 Å². The molecule has 0 radical (unpaired) electrons. The average Bonchev–Trinajstić information content (AvgIpc) is 2.27. The Kier molecular flexibility index (Phi) is 5.53. The molecule has 0 saturated carbocycles. The molecule has 1 rings (SSSR count). The second-order valence-corrected chi connectivity index (χ2v) is 4.75. The summed E-state index contributed by atoms with van der Waals surface area (Å²) in [4.78, 5) is 11.5. The van der Waals surface area contributed by atoms with Crippen LogP contribution in [0.2, 0.25) is 0 Å². The highest BCUT2D eigenvalue weighted by Gasteiger charge is 2.11. The Morgan fingerprint density at radius 3 is 2.44 bits per heavy atom. The third-order valence-corrected chi connectivity index (χ3v) is 3.02. The van der Waals surface area contributed by atoms with Crippen molar-refractivity contribution in [3.63, 3.8) is 0 Å². The average molecular weight is 284 g/mol. The van der Waals surface area contributed by atoms with Gasteiger partial charge in [-0.1, -0.05) is 41.9 Å². The molecule has 0 aliphatic carbocycles. The minimum absolute atomic E-state index is 0.132.